The van der Waals surface area contributed by atoms with Crippen molar-refractivity contribution in [1.82, 2.24) is 9.55 Å². The van der Waals surface area contributed by atoms with Gasteiger partial charge in [0.2, 0.25) is 0 Å². The fourth-order valence-electron chi connectivity index (χ4n) is 7.80. The van der Waals surface area contributed by atoms with E-state index in [4.69, 9.17) is 0 Å². The van der Waals surface area contributed by atoms with Gasteiger partial charge in [-0.15, -0.1) is 52.6 Å². The van der Waals surface area contributed by atoms with Crippen molar-refractivity contribution in [3.05, 3.63) is 143 Å². The first-order valence-electron chi connectivity index (χ1n) is 16.5. The molecule has 8 rings (SSSR count). The number of hydrogen-bond donors (Lipinski definition) is 0. The summed E-state index contributed by atoms with van der Waals surface area (Å²) in [6.07, 6.45) is 7.98. The molecule has 3 heterocycles. The molecule has 1 aliphatic heterocycles. The van der Waals surface area contributed by atoms with Crippen LogP contribution in [0.15, 0.2) is 91.1 Å². The summed E-state index contributed by atoms with van der Waals surface area (Å²) in [6.45, 7) is 18.9. The van der Waals surface area contributed by atoms with Gasteiger partial charge in [-0.25, -0.2) is 0 Å². The molecule has 4 heteroatoms. The summed E-state index contributed by atoms with van der Waals surface area (Å²) in [5, 5.41) is 0. The molecule has 0 fully saturated rings. The van der Waals surface area contributed by atoms with E-state index >= 15 is 0 Å². The second-order valence-electron chi connectivity index (χ2n) is 14.9. The van der Waals surface area contributed by atoms with Gasteiger partial charge in [-0.05, 0) is 65.2 Å². The first kappa shape index (κ1) is 33.1. The average Bonchev–Trinajstić information content (AvgIpc) is 3.43. The third-order valence-electron chi connectivity index (χ3n) is 10.4. The maximum Gasteiger partial charge on any atom is 3.00 e. The number of pyridine rings is 1. The van der Waals surface area contributed by atoms with Gasteiger partial charge in [0.1, 0.15) is 0 Å². The molecular formula is C43H43IrN3+. The van der Waals surface area contributed by atoms with E-state index in [1.54, 1.807) is 6.20 Å². The van der Waals surface area contributed by atoms with Crippen LogP contribution in [0.5, 0.6) is 0 Å². The Morgan fingerprint density at radius 2 is 1.43 bits per heavy atom. The predicted molar refractivity (Wildman–Crippen MR) is 188 cm³/mol. The monoisotopic (exact) mass is 794 g/mol. The minimum Gasteiger partial charge on any atom is -0.314 e. The molecule has 0 radical (unpaired) electrons. The predicted octanol–water partition coefficient (Wildman–Crippen LogP) is 9.66. The Labute approximate surface area is 294 Å². The Morgan fingerprint density at radius 3 is 2.11 bits per heavy atom. The van der Waals surface area contributed by atoms with Crippen molar-refractivity contribution in [2.24, 2.45) is 0 Å². The molecule has 0 bridgehead atoms. The van der Waals surface area contributed by atoms with Gasteiger partial charge in [-0.3, -0.25) is 4.57 Å². The largest absolute Gasteiger partial charge is 3.00 e. The summed E-state index contributed by atoms with van der Waals surface area (Å²) >= 11 is 0. The number of rotatable bonds is 2. The zero-order valence-corrected chi connectivity index (χ0v) is 31.1. The molecule has 0 unspecified atom stereocenters. The van der Waals surface area contributed by atoms with Crippen LogP contribution in [0, 0.1) is 32.3 Å². The van der Waals surface area contributed by atoms with E-state index in [2.05, 4.69) is 130 Å². The second kappa shape index (κ2) is 12.0. The number of fused-ring (bicyclic) bond motifs is 4. The van der Waals surface area contributed by atoms with Crippen molar-refractivity contribution >= 4 is 11.0 Å². The average molecular weight is 794 g/mol. The summed E-state index contributed by atoms with van der Waals surface area (Å²) in [4.78, 5) is 4.22. The van der Waals surface area contributed by atoms with Crippen LogP contribution < -0.4 is 4.57 Å². The van der Waals surface area contributed by atoms with E-state index in [1.165, 1.54) is 68.6 Å². The Kier molecular flexibility index (Phi) is 8.44. The van der Waals surface area contributed by atoms with Gasteiger partial charge >= 0.3 is 20.1 Å². The minimum atomic E-state index is -0.123. The minimum absolute atomic E-state index is 0. The third-order valence-corrected chi connectivity index (χ3v) is 10.4. The molecule has 0 atom stereocenters. The van der Waals surface area contributed by atoms with Crippen molar-refractivity contribution in [3.8, 4) is 22.6 Å². The summed E-state index contributed by atoms with van der Waals surface area (Å²) in [5.41, 5.74) is 15.4. The van der Waals surface area contributed by atoms with E-state index in [1.807, 2.05) is 42.5 Å². The Bertz CT molecular complexity index is 2030. The van der Waals surface area contributed by atoms with E-state index in [9.17, 15) is 0 Å². The summed E-state index contributed by atoms with van der Waals surface area (Å²) < 4.78 is 4.58. The molecule has 0 saturated carbocycles. The first-order chi connectivity index (χ1) is 21.9. The van der Waals surface area contributed by atoms with Crippen LogP contribution in [0.2, 0.25) is 0 Å². The Balaban J connectivity index is 0.000000250. The summed E-state index contributed by atoms with van der Waals surface area (Å²) in [6, 6.07) is 36.2. The molecule has 0 amide bonds. The maximum atomic E-state index is 4.22. The molecule has 2 aliphatic rings. The molecule has 0 N–H and O–H groups in total. The number of para-hydroxylation sites is 2. The molecule has 238 valence electrons. The Morgan fingerprint density at radius 1 is 0.723 bits per heavy atom. The van der Waals surface area contributed by atoms with Crippen molar-refractivity contribution in [2.45, 2.75) is 84.5 Å². The molecule has 47 heavy (non-hydrogen) atoms. The van der Waals surface area contributed by atoms with Gasteiger partial charge in [-0.1, -0.05) is 102 Å². The van der Waals surface area contributed by atoms with Crippen molar-refractivity contribution in [1.29, 1.82) is 0 Å². The molecule has 0 saturated heterocycles. The van der Waals surface area contributed by atoms with E-state index < -0.39 is 0 Å². The van der Waals surface area contributed by atoms with Crippen LogP contribution in [0.1, 0.15) is 87.8 Å². The number of hydrogen-bond acceptors (Lipinski definition) is 1. The zero-order chi connectivity index (χ0) is 32.4. The van der Waals surface area contributed by atoms with Gasteiger partial charge in [0.25, 0.3) is 6.33 Å². The van der Waals surface area contributed by atoms with Crippen LogP contribution in [0.3, 0.4) is 0 Å². The third kappa shape index (κ3) is 5.40. The number of nitrogens with zero attached hydrogens (tertiary/aromatic N) is 3. The topological polar surface area (TPSA) is 21.7 Å². The Hall–Kier alpha value is -3.85. The first-order valence-corrected chi connectivity index (χ1v) is 16.5. The fourth-order valence-corrected chi connectivity index (χ4v) is 7.80. The van der Waals surface area contributed by atoms with Crippen molar-refractivity contribution in [2.75, 3.05) is 0 Å². The van der Waals surface area contributed by atoms with Crippen molar-refractivity contribution in [3.63, 3.8) is 0 Å². The smallest absolute Gasteiger partial charge is 0.314 e. The van der Waals surface area contributed by atoms with Crippen LogP contribution in [-0.4, -0.2) is 9.55 Å². The molecule has 3 nitrogen and oxygen atoms in total. The van der Waals surface area contributed by atoms with Gasteiger partial charge in [0.05, 0.1) is 16.7 Å². The molecule has 2 aromatic heterocycles. The molecule has 4 aromatic carbocycles. The summed E-state index contributed by atoms with van der Waals surface area (Å²) in [5.74, 6) is 0. The van der Waals surface area contributed by atoms with Gasteiger partial charge in [-0.2, -0.15) is 12.1 Å². The maximum absolute atomic E-state index is 4.22. The van der Waals surface area contributed by atoms with Crippen LogP contribution in [0.25, 0.3) is 33.7 Å². The van der Waals surface area contributed by atoms with Crippen LogP contribution in [0.4, 0.5) is 0 Å². The molecule has 6 aromatic rings. The van der Waals surface area contributed by atoms with E-state index in [0.29, 0.717) is 0 Å². The standard InChI is InChI=1S/C32H35N2.C11H8N.Ir/c1-20-11-9-12-21(2)28(20)34-19-33-24-16-15-22-26(31(5,6)18-17-30(22,3)4)27(24)32(7,8)23-13-10-14-25(34)29(23)33;1-2-6-10(7-3-1)11-8-4-5-9-12-11;/h9-15H,17-18H2,1-8H3;1-6,8-9H;/q2*-1;+3. The van der Waals surface area contributed by atoms with Gasteiger partial charge in [0.15, 0.2) is 0 Å². The van der Waals surface area contributed by atoms with E-state index in [-0.39, 0.29) is 36.4 Å². The molecular weight excluding hydrogens is 751 g/mol. The SMILES string of the molecule is Cc1cccc(C)c1-n1[c-][n+]2c3c(cccc31)C(C)(C)c1c-2[c-]cc2c1C(C)(C)CCC2(C)C.[Ir+3].[c-]1ccccc1-c1ccccn1. The number of aromatic nitrogens is 3. The van der Waals surface area contributed by atoms with Crippen LogP contribution in [-0.2, 0) is 36.4 Å². The second-order valence-corrected chi connectivity index (χ2v) is 14.9. The van der Waals surface area contributed by atoms with Crippen molar-refractivity contribution < 1.29 is 24.7 Å². The van der Waals surface area contributed by atoms with Crippen LogP contribution >= 0.6 is 0 Å². The molecule has 0 spiro atoms. The number of aryl methyl sites for hydroxylation is 2. The molecule has 1 aliphatic carbocycles. The van der Waals surface area contributed by atoms with Gasteiger partial charge in [0, 0.05) is 6.20 Å². The zero-order valence-electron chi connectivity index (χ0n) is 28.7. The number of imidazole rings is 1. The van der Waals surface area contributed by atoms with E-state index in [0.717, 1.165) is 11.3 Å². The summed E-state index contributed by atoms with van der Waals surface area (Å²) in [7, 11) is 0. The normalized spacial score (nSPS) is 16.3. The fraction of sp³-hybridized carbons (Fsp3) is 0.302. The quantitative estimate of drug-likeness (QED) is 0.127. The number of benzene rings is 4. The van der Waals surface area contributed by atoms with Gasteiger partial charge < -0.3 is 9.55 Å².